The van der Waals surface area contributed by atoms with Crippen molar-refractivity contribution in [2.24, 2.45) is 0 Å². The van der Waals surface area contributed by atoms with Gasteiger partial charge in [-0.05, 0) is 77.0 Å². The summed E-state index contributed by atoms with van der Waals surface area (Å²) in [5, 5.41) is 54.5. The molecule has 0 bridgehead atoms. The van der Waals surface area contributed by atoms with E-state index in [1.165, 1.54) is 321 Å². The first-order chi connectivity index (χ1) is 46.2. The molecule has 1 aliphatic rings. The maximum Gasteiger partial charge on any atom is 0.305 e. The number of hydrogen-bond donors (Lipinski definition) is 6. The number of hydrogen-bond acceptors (Lipinski definition) is 10. The molecule has 0 aromatic rings. The Morgan fingerprint density at radius 2 is 0.723 bits per heavy atom. The minimum absolute atomic E-state index is 0.0179. The van der Waals surface area contributed by atoms with Gasteiger partial charge in [0, 0.05) is 12.8 Å². The summed E-state index contributed by atoms with van der Waals surface area (Å²) in [5.74, 6) is -0.170. The third-order valence-corrected chi connectivity index (χ3v) is 19.4. The van der Waals surface area contributed by atoms with Gasteiger partial charge in [0.05, 0.1) is 32.0 Å². The largest absolute Gasteiger partial charge is 0.466 e. The highest BCUT2D eigenvalue weighted by molar-refractivity contribution is 5.76. The van der Waals surface area contributed by atoms with Gasteiger partial charge < -0.3 is 45.1 Å². The van der Waals surface area contributed by atoms with Gasteiger partial charge in [-0.15, -0.1) is 0 Å². The van der Waals surface area contributed by atoms with Crippen LogP contribution in [0.4, 0.5) is 0 Å². The summed E-state index contributed by atoms with van der Waals surface area (Å²) in [4.78, 5) is 25.2. The van der Waals surface area contributed by atoms with Gasteiger partial charge in [0.25, 0.3) is 0 Å². The molecule has 1 saturated heterocycles. The summed E-state index contributed by atoms with van der Waals surface area (Å²) in [6, 6.07) is -0.825. The topological polar surface area (TPSA) is 175 Å². The van der Waals surface area contributed by atoms with Gasteiger partial charge in [0.15, 0.2) is 6.29 Å². The lowest BCUT2D eigenvalue weighted by Gasteiger charge is -2.40. The number of carbonyl (C=O) groups is 2. The molecule has 11 nitrogen and oxygen atoms in total. The molecule has 94 heavy (non-hydrogen) atoms. The van der Waals surface area contributed by atoms with E-state index >= 15 is 0 Å². The third-order valence-electron chi connectivity index (χ3n) is 19.4. The molecular formula is C83H155NO10. The van der Waals surface area contributed by atoms with Crippen molar-refractivity contribution < 1.29 is 49.3 Å². The molecule has 11 heteroatoms. The van der Waals surface area contributed by atoms with Gasteiger partial charge in [0.1, 0.15) is 24.4 Å². The minimum atomic E-state index is -1.58. The fourth-order valence-electron chi connectivity index (χ4n) is 13.0. The summed E-state index contributed by atoms with van der Waals surface area (Å²) in [5.41, 5.74) is 0. The second-order valence-corrected chi connectivity index (χ2v) is 28.5. The maximum atomic E-state index is 13.1. The molecule has 0 aromatic carbocycles. The van der Waals surface area contributed by atoms with Gasteiger partial charge in [-0.25, -0.2) is 0 Å². The molecule has 1 heterocycles. The van der Waals surface area contributed by atoms with Gasteiger partial charge in [-0.1, -0.05) is 364 Å². The molecule has 1 rings (SSSR count). The molecule has 1 fully saturated rings. The molecule has 0 saturated carbocycles. The number of nitrogens with one attached hydrogen (secondary N) is 1. The highest BCUT2D eigenvalue weighted by atomic mass is 16.7. The first-order valence-corrected chi connectivity index (χ1v) is 40.9. The van der Waals surface area contributed by atoms with Crippen molar-refractivity contribution in [3.8, 4) is 0 Å². The van der Waals surface area contributed by atoms with Crippen LogP contribution >= 0.6 is 0 Å². The lowest BCUT2D eigenvalue weighted by molar-refractivity contribution is -0.302. The summed E-state index contributed by atoms with van der Waals surface area (Å²) >= 11 is 0. The second-order valence-electron chi connectivity index (χ2n) is 28.5. The maximum absolute atomic E-state index is 13.1. The predicted molar refractivity (Wildman–Crippen MR) is 398 cm³/mol. The van der Waals surface area contributed by atoms with Crippen molar-refractivity contribution in [3.05, 3.63) is 48.6 Å². The molecule has 1 amide bonds. The molecule has 0 aromatic heterocycles. The Morgan fingerprint density at radius 3 is 1.12 bits per heavy atom. The molecule has 552 valence electrons. The second kappa shape index (κ2) is 71.9. The number of amides is 1. The Labute approximate surface area is 580 Å². The molecule has 1 aliphatic heterocycles. The Hall–Kier alpha value is -2.38. The van der Waals surface area contributed by atoms with Crippen LogP contribution in [0.1, 0.15) is 406 Å². The minimum Gasteiger partial charge on any atom is -0.466 e. The van der Waals surface area contributed by atoms with E-state index in [1.54, 1.807) is 6.08 Å². The van der Waals surface area contributed by atoms with E-state index in [0.29, 0.717) is 19.4 Å². The first-order valence-electron chi connectivity index (χ1n) is 40.9. The van der Waals surface area contributed by atoms with E-state index in [9.17, 15) is 35.1 Å². The number of ether oxygens (including phenoxy) is 3. The van der Waals surface area contributed by atoms with Gasteiger partial charge in [0.2, 0.25) is 5.91 Å². The number of aliphatic hydroxyl groups excluding tert-OH is 5. The normalized spacial score (nSPS) is 17.6. The standard InChI is InChI=1S/C83H155NO10/c1-3-5-7-9-11-13-15-17-43-47-51-55-59-63-67-71-79(88)92-72-68-64-60-56-52-48-45-42-40-38-36-34-32-30-28-26-24-22-20-18-19-21-23-25-27-29-31-33-35-37-39-41-44-46-50-54-58-62-66-70-78(87)84-75(74-93-83-82(91)81(90)80(89)77(73-85)94-83)76(86)69-65-61-57-53-49-16-14-12-10-8-6-4-2/h18-19,22,24,49,53,65,69,75-77,80-83,85-86,89-91H,3-17,20-21,23,25-48,50-52,54-64,66-68,70-74H2,1-2H3,(H,84,87)/b19-18-,24-22-,53-49+,69-65+. The van der Waals surface area contributed by atoms with Crippen LogP contribution in [0.2, 0.25) is 0 Å². The fraction of sp³-hybridized carbons (Fsp3) is 0.880. The Morgan fingerprint density at radius 1 is 0.394 bits per heavy atom. The summed E-state index contributed by atoms with van der Waals surface area (Å²) in [6.07, 6.45) is 85.9. The van der Waals surface area contributed by atoms with Crippen LogP contribution in [0.5, 0.6) is 0 Å². The van der Waals surface area contributed by atoms with Crippen LogP contribution in [0.15, 0.2) is 48.6 Å². The Kier molecular flexibility index (Phi) is 68.5. The van der Waals surface area contributed by atoms with Crippen LogP contribution in [0, 0.1) is 0 Å². The van der Waals surface area contributed by atoms with E-state index in [-0.39, 0.29) is 18.5 Å². The van der Waals surface area contributed by atoms with Crippen LogP contribution in [-0.2, 0) is 23.8 Å². The van der Waals surface area contributed by atoms with Gasteiger partial charge in [-0.2, -0.15) is 0 Å². The number of allylic oxidation sites excluding steroid dienone is 7. The number of unbranched alkanes of at least 4 members (excludes halogenated alkanes) is 53. The highest BCUT2D eigenvalue weighted by Crippen LogP contribution is 2.24. The van der Waals surface area contributed by atoms with Gasteiger partial charge >= 0.3 is 5.97 Å². The number of esters is 1. The number of rotatable bonds is 73. The average Bonchev–Trinajstić information content (AvgIpc) is 0.832. The molecular weight excluding hydrogens is 1170 g/mol. The van der Waals surface area contributed by atoms with E-state index in [2.05, 4.69) is 55.6 Å². The van der Waals surface area contributed by atoms with Crippen LogP contribution < -0.4 is 5.32 Å². The zero-order valence-electron chi connectivity index (χ0n) is 61.7. The molecule has 6 N–H and O–H groups in total. The van der Waals surface area contributed by atoms with Crippen LogP contribution in [0.25, 0.3) is 0 Å². The van der Waals surface area contributed by atoms with Crippen molar-refractivity contribution in [1.82, 2.24) is 5.32 Å². The molecule has 7 unspecified atom stereocenters. The quantitative estimate of drug-likeness (QED) is 0.0195. The SMILES string of the molecule is CCCCCCCC/C=C/CC/C=C/C(O)C(COC1OC(CO)C(O)C(O)C1O)NC(=O)CCCCCCCCCCCCCCCCCCC/C=C\C/C=C\CCCCCCCCCCCCCCCCCOC(=O)CCCCCCCCCCCCCCCCC. The van der Waals surface area contributed by atoms with Crippen molar-refractivity contribution in [2.75, 3.05) is 19.8 Å². The Balaban J connectivity index is 1.89. The van der Waals surface area contributed by atoms with Crippen molar-refractivity contribution in [3.63, 3.8) is 0 Å². The highest BCUT2D eigenvalue weighted by Gasteiger charge is 2.44. The molecule has 0 spiro atoms. The predicted octanol–water partition coefficient (Wildman–Crippen LogP) is 22.3. The zero-order valence-corrected chi connectivity index (χ0v) is 61.7. The first kappa shape index (κ1) is 89.6. The molecule has 7 atom stereocenters. The van der Waals surface area contributed by atoms with E-state index in [0.717, 1.165) is 57.8 Å². The third kappa shape index (κ3) is 59.7. The lowest BCUT2D eigenvalue weighted by Crippen LogP contribution is -2.60. The monoisotopic (exact) mass is 1330 g/mol. The molecule has 0 aliphatic carbocycles. The zero-order chi connectivity index (χ0) is 67.9. The Bertz CT molecular complexity index is 1700. The van der Waals surface area contributed by atoms with E-state index < -0.39 is 49.5 Å². The average molecular weight is 1330 g/mol. The van der Waals surface area contributed by atoms with Crippen molar-refractivity contribution in [2.45, 2.75) is 448 Å². The summed E-state index contributed by atoms with van der Waals surface area (Å²) in [6.45, 7) is 4.37. The smallest absolute Gasteiger partial charge is 0.305 e. The lowest BCUT2D eigenvalue weighted by atomic mass is 9.99. The molecule has 0 radical (unpaired) electrons. The van der Waals surface area contributed by atoms with Crippen molar-refractivity contribution >= 4 is 11.9 Å². The summed E-state index contributed by atoms with van der Waals surface area (Å²) < 4.78 is 16.8. The van der Waals surface area contributed by atoms with Crippen LogP contribution in [-0.4, -0.2) is 100 Å². The fourth-order valence-corrected chi connectivity index (χ4v) is 13.0. The van der Waals surface area contributed by atoms with Crippen molar-refractivity contribution in [1.29, 1.82) is 0 Å². The summed E-state index contributed by atoms with van der Waals surface area (Å²) in [7, 11) is 0. The van der Waals surface area contributed by atoms with E-state index in [1.807, 2.05) is 6.08 Å². The number of aliphatic hydroxyl groups is 5. The van der Waals surface area contributed by atoms with E-state index in [4.69, 9.17) is 14.2 Å². The van der Waals surface area contributed by atoms with Gasteiger partial charge in [-0.3, -0.25) is 9.59 Å². The van der Waals surface area contributed by atoms with Crippen LogP contribution in [0.3, 0.4) is 0 Å². The number of carbonyl (C=O) groups excluding carboxylic acids is 2.